The van der Waals surface area contributed by atoms with Crippen LogP contribution < -0.4 is 11.1 Å². The minimum absolute atomic E-state index is 0.0190. The first-order valence-corrected chi connectivity index (χ1v) is 8.85. The van der Waals surface area contributed by atoms with Gasteiger partial charge in [-0.25, -0.2) is 4.79 Å². The molecule has 1 fully saturated rings. The van der Waals surface area contributed by atoms with Crippen LogP contribution in [0.1, 0.15) is 18.4 Å². The summed E-state index contributed by atoms with van der Waals surface area (Å²) in [4.78, 5) is 27.8. The van der Waals surface area contributed by atoms with Gasteiger partial charge in [0.05, 0.1) is 10.8 Å². The molecule has 1 aliphatic rings. The van der Waals surface area contributed by atoms with Crippen molar-refractivity contribution < 1.29 is 8.83 Å². The highest BCUT2D eigenvalue weighted by Gasteiger charge is 2.19. The van der Waals surface area contributed by atoms with E-state index in [1.165, 1.54) is 12.8 Å². The maximum atomic E-state index is 13.0. The highest BCUT2D eigenvalue weighted by Crippen LogP contribution is 2.27. The Morgan fingerprint density at radius 1 is 0.846 bits per heavy atom. The molecule has 2 aromatic carbocycles. The Hall–Kier alpha value is -2.92. The summed E-state index contributed by atoms with van der Waals surface area (Å²) in [5.41, 5.74) is 1.28. The van der Waals surface area contributed by atoms with Gasteiger partial charge in [0.15, 0.2) is 11.0 Å². The lowest BCUT2D eigenvalue weighted by Crippen LogP contribution is -2.19. The lowest BCUT2D eigenvalue weighted by atomic mass is 10.1. The Kier molecular flexibility index (Phi) is 3.43. The van der Waals surface area contributed by atoms with E-state index in [0.717, 1.165) is 25.2 Å². The van der Waals surface area contributed by atoms with Crippen molar-refractivity contribution in [1.82, 2.24) is 4.90 Å². The SMILES string of the molecule is O=c1oc2ccccc2c2oc3c(CN4CCCC4)cccc3c(=O)c12. The molecule has 5 heteroatoms. The predicted octanol–water partition coefficient (Wildman–Crippen LogP) is 3.65. The fraction of sp³-hybridized carbons (Fsp3) is 0.238. The normalized spacial score (nSPS) is 15.4. The van der Waals surface area contributed by atoms with Crippen molar-refractivity contribution in [3.63, 3.8) is 0 Å². The molecule has 1 aliphatic heterocycles. The molecule has 0 unspecified atom stereocenters. The minimum Gasteiger partial charge on any atom is -0.454 e. The molecule has 0 amide bonds. The van der Waals surface area contributed by atoms with E-state index in [4.69, 9.17) is 8.83 Å². The monoisotopic (exact) mass is 347 g/mol. The summed E-state index contributed by atoms with van der Waals surface area (Å²) in [5, 5.41) is 1.04. The molecule has 0 atom stereocenters. The molecule has 0 radical (unpaired) electrons. The molecule has 26 heavy (non-hydrogen) atoms. The standard InChI is InChI=1S/C21H17NO4/c23-18-15-8-5-6-13(12-22-10-3-4-11-22)19(15)26-20-14-7-1-2-9-16(14)25-21(24)17(18)20/h1-2,5-9H,3-4,10-12H2. The summed E-state index contributed by atoms with van der Waals surface area (Å²) in [6.45, 7) is 2.85. The quantitative estimate of drug-likeness (QED) is 0.315. The van der Waals surface area contributed by atoms with Crippen molar-refractivity contribution in [3.8, 4) is 0 Å². The van der Waals surface area contributed by atoms with E-state index in [9.17, 15) is 9.59 Å². The minimum atomic E-state index is -0.653. The third-order valence-corrected chi connectivity index (χ3v) is 5.13. The number of fused-ring (bicyclic) bond motifs is 4. The van der Waals surface area contributed by atoms with E-state index in [2.05, 4.69) is 4.90 Å². The molecule has 4 aromatic rings. The van der Waals surface area contributed by atoms with Gasteiger partial charge in [-0.05, 0) is 44.1 Å². The molecule has 0 spiro atoms. The van der Waals surface area contributed by atoms with Crippen molar-refractivity contribution in [1.29, 1.82) is 0 Å². The second kappa shape index (κ2) is 5.81. The van der Waals surface area contributed by atoms with Crippen LogP contribution in [-0.4, -0.2) is 18.0 Å². The zero-order valence-electron chi connectivity index (χ0n) is 14.2. The van der Waals surface area contributed by atoms with Crippen molar-refractivity contribution in [3.05, 3.63) is 68.7 Å². The van der Waals surface area contributed by atoms with Gasteiger partial charge in [0.25, 0.3) is 0 Å². The van der Waals surface area contributed by atoms with Gasteiger partial charge in [-0.1, -0.05) is 24.3 Å². The molecule has 0 saturated carbocycles. The van der Waals surface area contributed by atoms with Crippen molar-refractivity contribution in [2.75, 3.05) is 13.1 Å². The first-order valence-electron chi connectivity index (χ1n) is 8.85. The van der Waals surface area contributed by atoms with Crippen LogP contribution in [0.4, 0.5) is 0 Å². The average Bonchev–Trinajstić information content (AvgIpc) is 3.15. The summed E-state index contributed by atoms with van der Waals surface area (Å²) < 4.78 is 11.5. The first kappa shape index (κ1) is 15.3. The lowest BCUT2D eigenvalue weighted by Gasteiger charge is -2.15. The van der Waals surface area contributed by atoms with Gasteiger partial charge in [0, 0.05) is 12.1 Å². The fourth-order valence-corrected chi connectivity index (χ4v) is 3.85. The molecule has 5 nitrogen and oxygen atoms in total. The largest absolute Gasteiger partial charge is 0.454 e. The summed E-state index contributed by atoms with van der Waals surface area (Å²) in [7, 11) is 0. The third-order valence-electron chi connectivity index (χ3n) is 5.13. The van der Waals surface area contributed by atoms with Crippen molar-refractivity contribution in [2.45, 2.75) is 19.4 Å². The fourth-order valence-electron chi connectivity index (χ4n) is 3.85. The van der Waals surface area contributed by atoms with Gasteiger partial charge >= 0.3 is 5.63 Å². The van der Waals surface area contributed by atoms with Crippen molar-refractivity contribution >= 4 is 32.9 Å². The third kappa shape index (κ3) is 2.28. The van der Waals surface area contributed by atoms with Crippen molar-refractivity contribution in [2.24, 2.45) is 0 Å². The Labute approximate surface area is 148 Å². The van der Waals surface area contributed by atoms with Gasteiger partial charge in [0.2, 0.25) is 5.43 Å². The average molecular weight is 347 g/mol. The number of benzene rings is 2. The van der Waals surface area contributed by atoms with Crippen LogP contribution in [0, 0.1) is 0 Å². The topological polar surface area (TPSA) is 63.7 Å². The van der Waals surface area contributed by atoms with E-state index in [1.807, 2.05) is 18.2 Å². The molecule has 130 valence electrons. The van der Waals surface area contributed by atoms with Crippen LogP contribution in [0.25, 0.3) is 32.9 Å². The summed E-state index contributed by atoms with van der Waals surface area (Å²) >= 11 is 0. The number of para-hydroxylation sites is 2. The number of likely N-dealkylation sites (tertiary alicyclic amines) is 1. The van der Waals surface area contributed by atoms with Gasteiger partial charge in [-0.2, -0.15) is 0 Å². The van der Waals surface area contributed by atoms with Crippen LogP contribution in [0.3, 0.4) is 0 Å². The van der Waals surface area contributed by atoms with Crippen LogP contribution >= 0.6 is 0 Å². The maximum absolute atomic E-state index is 13.0. The highest BCUT2D eigenvalue weighted by molar-refractivity contribution is 6.03. The maximum Gasteiger partial charge on any atom is 0.351 e. The van der Waals surface area contributed by atoms with E-state index in [1.54, 1.807) is 24.3 Å². The van der Waals surface area contributed by atoms with Gasteiger partial charge in [0.1, 0.15) is 11.2 Å². The van der Waals surface area contributed by atoms with Gasteiger partial charge in [-0.3, -0.25) is 9.69 Å². The van der Waals surface area contributed by atoms with Crippen LogP contribution in [0.5, 0.6) is 0 Å². The second-order valence-electron chi connectivity index (χ2n) is 6.80. The Bertz CT molecular complexity index is 1260. The molecule has 1 saturated heterocycles. The van der Waals surface area contributed by atoms with E-state index in [0.29, 0.717) is 27.5 Å². The molecule has 0 bridgehead atoms. The lowest BCUT2D eigenvalue weighted by molar-refractivity contribution is 0.331. The summed E-state index contributed by atoms with van der Waals surface area (Å²) in [5.74, 6) is 0. The van der Waals surface area contributed by atoms with Gasteiger partial charge < -0.3 is 8.83 Å². The Balaban J connectivity index is 1.87. The van der Waals surface area contributed by atoms with E-state index in [-0.39, 0.29) is 10.8 Å². The van der Waals surface area contributed by atoms with E-state index >= 15 is 0 Å². The number of hydrogen-bond acceptors (Lipinski definition) is 5. The Morgan fingerprint density at radius 3 is 2.46 bits per heavy atom. The van der Waals surface area contributed by atoms with E-state index < -0.39 is 5.63 Å². The molecular formula is C21H17NO4. The van der Waals surface area contributed by atoms with Crippen LogP contribution in [-0.2, 0) is 6.54 Å². The Morgan fingerprint density at radius 2 is 1.62 bits per heavy atom. The predicted molar refractivity (Wildman–Crippen MR) is 101 cm³/mol. The zero-order chi connectivity index (χ0) is 17.7. The molecular weight excluding hydrogens is 330 g/mol. The van der Waals surface area contributed by atoms with Crippen LogP contribution in [0.2, 0.25) is 0 Å². The number of nitrogens with zero attached hydrogens (tertiary/aromatic N) is 1. The molecule has 0 N–H and O–H groups in total. The molecule has 3 heterocycles. The zero-order valence-corrected chi connectivity index (χ0v) is 14.2. The number of rotatable bonds is 2. The molecule has 5 rings (SSSR count). The smallest absolute Gasteiger partial charge is 0.351 e. The molecule has 0 aliphatic carbocycles. The van der Waals surface area contributed by atoms with Crippen LogP contribution in [0.15, 0.2) is 60.9 Å². The summed E-state index contributed by atoms with van der Waals surface area (Å²) in [6, 6.07) is 12.7. The first-order chi connectivity index (χ1) is 12.7. The molecule has 2 aromatic heterocycles. The highest BCUT2D eigenvalue weighted by atomic mass is 16.4. The number of hydrogen-bond donors (Lipinski definition) is 0. The van der Waals surface area contributed by atoms with Gasteiger partial charge in [-0.15, -0.1) is 0 Å². The second-order valence-corrected chi connectivity index (χ2v) is 6.80. The summed E-state index contributed by atoms with van der Waals surface area (Å²) in [6.07, 6.45) is 2.40.